The fourth-order valence-electron chi connectivity index (χ4n) is 2.85. The zero-order chi connectivity index (χ0) is 15.8. The van der Waals surface area contributed by atoms with E-state index in [9.17, 15) is 0 Å². The lowest BCUT2D eigenvalue weighted by atomic mass is 10.0. The summed E-state index contributed by atoms with van der Waals surface area (Å²) in [7, 11) is 0. The lowest BCUT2D eigenvalue weighted by Crippen LogP contribution is -1.96. The predicted octanol–water partition coefficient (Wildman–Crippen LogP) is 3.66. The van der Waals surface area contributed by atoms with Crippen LogP contribution in [0.5, 0.6) is 0 Å². The molecular weight excluding hydrogens is 284 g/mol. The molecular formula is C19H16N4. The molecule has 0 aliphatic carbocycles. The van der Waals surface area contributed by atoms with Crippen molar-refractivity contribution >= 4 is 27.4 Å². The van der Waals surface area contributed by atoms with E-state index in [1.165, 1.54) is 10.9 Å². The highest BCUT2D eigenvalue weighted by Gasteiger charge is 2.04. The molecule has 112 valence electrons. The van der Waals surface area contributed by atoms with Gasteiger partial charge < -0.3 is 5.73 Å². The van der Waals surface area contributed by atoms with Crippen molar-refractivity contribution in [1.82, 2.24) is 15.0 Å². The lowest BCUT2D eigenvalue weighted by molar-refractivity contribution is 1.09. The smallest absolute Gasteiger partial charge is 0.131 e. The maximum absolute atomic E-state index is 5.96. The Bertz CT molecular complexity index is 1020. The van der Waals surface area contributed by atoms with Crippen molar-refractivity contribution in [2.45, 2.75) is 13.3 Å². The molecule has 2 N–H and O–H groups in total. The zero-order valence-electron chi connectivity index (χ0n) is 12.8. The Hall–Kier alpha value is -3.01. The first-order chi connectivity index (χ1) is 11.2. The summed E-state index contributed by atoms with van der Waals surface area (Å²) in [6, 6.07) is 12.5. The van der Waals surface area contributed by atoms with Crippen LogP contribution in [0.3, 0.4) is 0 Å². The molecule has 0 atom stereocenters. The SMILES string of the molecule is Cc1cc2cc(Cc3cc4c(N)nccc4cn3)ccc2cn1. The van der Waals surface area contributed by atoms with Crippen LogP contribution in [0.25, 0.3) is 21.5 Å². The number of nitrogen functional groups attached to an aromatic ring is 1. The largest absolute Gasteiger partial charge is 0.383 e. The second kappa shape index (κ2) is 5.32. The third-order valence-electron chi connectivity index (χ3n) is 4.04. The highest BCUT2D eigenvalue weighted by atomic mass is 14.8. The second-order valence-corrected chi connectivity index (χ2v) is 5.78. The number of fused-ring (bicyclic) bond motifs is 2. The van der Waals surface area contributed by atoms with Gasteiger partial charge in [0.1, 0.15) is 5.82 Å². The molecule has 0 radical (unpaired) electrons. The molecule has 4 aromatic rings. The summed E-state index contributed by atoms with van der Waals surface area (Å²) in [5.41, 5.74) is 9.20. The monoisotopic (exact) mass is 300 g/mol. The molecule has 0 aliphatic rings. The third-order valence-corrected chi connectivity index (χ3v) is 4.04. The third kappa shape index (κ3) is 2.59. The molecule has 0 amide bonds. The summed E-state index contributed by atoms with van der Waals surface area (Å²) >= 11 is 0. The van der Waals surface area contributed by atoms with Crippen LogP contribution in [0.2, 0.25) is 0 Å². The number of aromatic nitrogens is 3. The van der Waals surface area contributed by atoms with E-state index in [1.54, 1.807) is 6.20 Å². The summed E-state index contributed by atoms with van der Waals surface area (Å²) in [5.74, 6) is 0.548. The van der Waals surface area contributed by atoms with Gasteiger partial charge in [-0.1, -0.05) is 18.2 Å². The molecule has 3 heterocycles. The van der Waals surface area contributed by atoms with E-state index in [-0.39, 0.29) is 0 Å². The summed E-state index contributed by atoms with van der Waals surface area (Å²) < 4.78 is 0. The number of nitrogens with zero attached hydrogens (tertiary/aromatic N) is 3. The van der Waals surface area contributed by atoms with Crippen LogP contribution in [-0.4, -0.2) is 15.0 Å². The molecule has 0 fully saturated rings. The molecule has 3 aromatic heterocycles. The number of anilines is 1. The van der Waals surface area contributed by atoms with Crippen molar-refractivity contribution in [2.24, 2.45) is 0 Å². The van der Waals surface area contributed by atoms with E-state index in [0.717, 1.165) is 34.0 Å². The van der Waals surface area contributed by atoms with E-state index in [0.29, 0.717) is 5.82 Å². The van der Waals surface area contributed by atoms with Gasteiger partial charge in [-0.15, -0.1) is 0 Å². The van der Waals surface area contributed by atoms with Crippen LogP contribution in [0.1, 0.15) is 17.0 Å². The van der Waals surface area contributed by atoms with Gasteiger partial charge in [-0.25, -0.2) is 4.98 Å². The van der Waals surface area contributed by atoms with Gasteiger partial charge in [0, 0.05) is 52.6 Å². The van der Waals surface area contributed by atoms with Crippen LogP contribution in [0.15, 0.2) is 55.0 Å². The topological polar surface area (TPSA) is 64.7 Å². The number of hydrogen-bond donors (Lipinski definition) is 1. The summed E-state index contributed by atoms with van der Waals surface area (Å²) in [5, 5.41) is 4.33. The first-order valence-electron chi connectivity index (χ1n) is 7.53. The molecule has 4 heteroatoms. The van der Waals surface area contributed by atoms with Gasteiger partial charge in [-0.05, 0) is 36.1 Å². The maximum atomic E-state index is 5.96. The average Bonchev–Trinajstić information content (AvgIpc) is 2.55. The van der Waals surface area contributed by atoms with Crippen LogP contribution < -0.4 is 5.73 Å². The minimum Gasteiger partial charge on any atom is -0.383 e. The van der Waals surface area contributed by atoms with Crippen molar-refractivity contribution in [3.05, 3.63) is 71.9 Å². The Morgan fingerprint density at radius 1 is 0.870 bits per heavy atom. The Morgan fingerprint density at radius 3 is 2.65 bits per heavy atom. The summed E-state index contributed by atoms with van der Waals surface area (Å²) in [6.07, 6.45) is 6.24. The fourth-order valence-corrected chi connectivity index (χ4v) is 2.85. The quantitative estimate of drug-likeness (QED) is 0.613. The predicted molar refractivity (Wildman–Crippen MR) is 93.2 cm³/mol. The van der Waals surface area contributed by atoms with Crippen molar-refractivity contribution in [1.29, 1.82) is 0 Å². The number of benzene rings is 1. The van der Waals surface area contributed by atoms with Gasteiger partial charge in [0.2, 0.25) is 0 Å². The van der Waals surface area contributed by atoms with Crippen molar-refractivity contribution < 1.29 is 0 Å². The Balaban J connectivity index is 1.73. The van der Waals surface area contributed by atoms with E-state index in [2.05, 4.69) is 39.2 Å². The van der Waals surface area contributed by atoms with E-state index < -0.39 is 0 Å². The van der Waals surface area contributed by atoms with Gasteiger partial charge in [0.15, 0.2) is 0 Å². The Labute approximate surface area is 134 Å². The number of hydrogen-bond acceptors (Lipinski definition) is 4. The molecule has 0 saturated carbocycles. The molecule has 1 aromatic carbocycles. The molecule has 0 unspecified atom stereocenters. The maximum Gasteiger partial charge on any atom is 0.131 e. The zero-order valence-corrected chi connectivity index (χ0v) is 12.8. The van der Waals surface area contributed by atoms with Crippen molar-refractivity contribution in [3.63, 3.8) is 0 Å². The van der Waals surface area contributed by atoms with E-state index >= 15 is 0 Å². The highest BCUT2D eigenvalue weighted by molar-refractivity contribution is 5.90. The highest BCUT2D eigenvalue weighted by Crippen LogP contribution is 2.21. The summed E-state index contributed by atoms with van der Waals surface area (Å²) in [4.78, 5) is 13.0. The Kier molecular flexibility index (Phi) is 3.15. The van der Waals surface area contributed by atoms with Gasteiger partial charge in [-0.2, -0.15) is 0 Å². The van der Waals surface area contributed by atoms with Crippen LogP contribution in [0, 0.1) is 6.92 Å². The van der Waals surface area contributed by atoms with Gasteiger partial charge in [0.05, 0.1) is 0 Å². The van der Waals surface area contributed by atoms with Gasteiger partial charge in [0.25, 0.3) is 0 Å². The number of pyridine rings is 3. The van der Waals surface area contributed by atoms with Gasteiger partial charge >= 0.3 is 0 Å². The van der Waals surface area contributed by atoms with Crippen molar-refractivity contribution in [2.75, 3.05) is 5.73 Å². The summed E-state index contributed by atoms with van der Waals surface area (Å²) in [6.45, 7) is 2.01. The fraction of sp³-hybridized carbons (Fsp3) is 0.105. The number of rotatable bonds is 2. The molecule has 0 bridgehead atoms. The molecule has 0 saturated heterocycles. The van der Waals surface area contributed by atoms with Gasteiger partial charge in [-0.3, -0.25) is 9.97 Å². The minimum absolute atomic E-state index is 0.548. The average molecular weight is 300 g/mol. The number of nitrogens with two attached hydrogens (primary N) is 1. The van der Waals surface area contributed by atoms with Crippen molar-refractivity contribution in [3.8, 4) is 0 Å². The number of aryl methyl sites for hydroxylation is 1. The molecule has 4 nitrogen and oxygen atoms in total. The van der Waals surface area contributed by atoms with E-state index in [4.69, 9.17) is 5.73 Å². The molecule has 23 heavy (non-hydrogen) atoms. The van der Waals surface area contributed by atoms with Crippen LogP contribution in [-0.2, 0) is 6.42 Å². The normalized spacial score (nSPS) is 11.2. The first-order valence-corrected chi connectivity index (χ1v) is 7.53. The standard InChI is InChI=1S/C19H16N4/c1-12-6-16-7-13(2-3-14(16)10-22-12)8-17-9-18-15(11-23-17)4-5-21-19(18)20/h2-7,9-11H,8H2,1H3,(H2,20,21). The Morgan fingerprint density at radius 2 is 1.74 bits per heavy atom. The lowest BCUT2D eigenvalue weighted by Gasteiger charge is -2.06. The minimum atomic E-state index is 0.548. The van der Waals surface area contributed by atoms with Crippen LogP contribution in [0.4, 0.5) is 5.82 Å². The first kappa shape index (κ1) is 13.6. The molecule has 0 spiro atoms. The molecule has 4 rings (SSSR count). The van der Waals surface area contributed by atoms with Crippen LogP contribution >= 0.6 is 0 Å². The second-order valence-electron chi connectivity index (χ2n) is 5.78. The molecule has 0 aliphatic heterocycles. The van der Waals surface area contributed by atoms with E-state index in [1.807, 2.05) is 31.5 Å².